The molecule has 3 N–H and O–H groups in total. The first-order chi connectivity index (χ1) is 9.52. The van der Waals surface area contributed by atoms with E-state index < -0.39 is 11.5 Å². The predicted molar refractivity (Wildman–Crippen MR) is 74.5 cm³/mol. The third kappa shape index (κ3) is 3.20. The zero-order valence-corrected chi connectivity index (χ0v) is 11.7. The second-order valence-electron chi connectivity index (χ2n) is 5.40. The van der Waals surface area contributed by atoms with Crippen LogP contribution in [0, 0.1) is 0 Å². The van der Waals surface area contributed by atoms with Crippen LogP contribution in [0.2, 0.25) is 0 Å². The van der Waals surface area contributed by atoms with E-state index in [1.165, 1.54) is 6.07 Å². The van der Waals surface area contributed by atoms with E-state index in [9.17, 15) is 20.1 Å². The molecule has 1 aromatic heterocycles. The van der Waals surface area contributed by atoms with Gasteiger partial charge in [-0.15, -0.1) is 0 Å². The Kier molecular flexibility index (Phi) is 4.80. The number of aromatic nitrogens is 1. The first kappa shape index (κ1) is 15.0. The fourth-order valence-electron chi connectivity index (χ4n) is 2.68. The maximum Gasteiger partial charge on any atom is 0.223 e. The number of hydrogen-bond donors (Lipinski definition) is 3. The van der Waals surface area contributed by atoms with E-state index in [0.29, 0.717) is 17.9 Å². The van der Waals surface area contributed by atoms with E-state index in [2.05, 4.69) is 4.90 Å². The smallest absolute Gasteiger partial charge is 0.223 e. The predicted octanol–water partition coefficient (Wildman–Crippen LogP) is 0.0228. The Morgan fingerprint density at radius 1 is 1.35 bits per heavy atom. The Bertz CT molecular complexity index is 519. The van der Waals surface area contributed by atoms with Crippen molar-refractivity contribution in [2.75, 3.05) is 13.1 Å². The monoisotopic (exact) mass is 282 g/mol. The van der Waals surface area contributed by atoms with Gasteiger partial charge in [-0.2, -0.15) is 0 Å². The van der Waals surface area contributed by atoms with Gasteiger partial charge in [-0.3, -0.25) is 9.69 Å². The first-order valence-electron chi connectivity index (χ1n) is 6.98. The number of rotatable bonds is 5. The summed E-state index contributed by atoms with van der Waals surface area (Å²) in [5.41, 5.74) is 0.414. The van der Waals surface area contributed by atoms with Crippen LogP contribution >= 0.6 is 0 Å². The number of nitrogens with zero attached hydrogens (tertiary/aromatic N) is 2. The van der Waals surface area contributed by atoms with Gasteiger partial charge in [0.15, 0.2) is 5.75 Å². The topological polar surface area (TPSA) is 85.9 Å². The molecule has 1 unspecified atom stereocenters. The highest BCUT2D eigenvalue weighted by Crippen LogP contribution is 2.20. The van der Waals surface area contributed by atoms with Gasteiger partial charge in [0.05, 0.1) is 18.4 Å². The molecule has 0 saturated carbocycles. The molecule has 1 atom stereocenters. The molecule has 1 saturated heterocycles. The van der Waals surface area contributed by atoms with Crippen molar-refractivity contribution in [3.05, 3.63) is 27.7 Å². The maximum atomic E-state index is 11.8. The van der Waals surface area contributed by atoms with Crippen molar-refractivity contribution in [3.63, 3.8) is 0 Å². The first-order valence-corrected chi connectivity index (χ1v) is 6.98. The summed E-state index contributed by atoms with van der Waals surface area (Å²) in [6.07, 6.45) is 1.60. The summed E-state index contributed by atoms with van der Waals surface area (Å²) >= 11 is 0. The summed E-state index contributed by atoms with van der Waals surface area (Å²) in [6, 6.07) is 1.23. The summed E-state index contributed by atoms with van der Waals surface area (Å²) in [5.74, 6) is -0.283. The average Bonchev–Trinajstić information content (AvgIpc) is 2.90. The molecule has 0 radical (unpaired) electrons. The molecule has 0 aromatic carbocycles. The fourth-order valence-corrected chi connectivity index (χ4v) is 2.68. The van der Waals surface area contributed by atoms with Gasteiger partial charge in [-0.05, 0) is 32.9 Å². The molecule has 112 valence electrons. The van der Waals surface area contributed by atoms with Crippen molar-refractivity contribution >= 4 is 0 Å². The molecule has 1 aromatic rings. The molecular formula is C14H22N2O4. The van der Waals surface area contributed by atoms with Crippen LogP contribution < -0.4 is 5.43 Å². The average molecular weight is 282 g/mol. The van der Waals surface area contributed by atoms with Crippen molar-refractivity contribution < 1.29 is 15.3 Å². The zero-order chi connectivity index (χ0) is 14.7. The molecule has 2 heterocycles. The van der Waals surface area contributed by atoms with Crippen molar-refractivity contribution in [2.45, 2.75) is 45.6 Å². The number of aliphatic hydroxyl groups excluding tert-OH is 2. The van der Waals surface area contributed by atoms with Crippen LogP contribution in [0.4, 0.5) is 0 Å². The SMILES string of the molecule is CC(O)Cn1c(CO)cc(=O)c(O)c1CN1CCCC1. The van der Waals surface area contributed by atoms with Crippen LogP contribution in [0.25, 0.3) is 0 Å². The minimum Gasteiger partial charge on any atom is -0.503 e. The third-order valence-corrected chi connectivity index (χ3v) is 3.66. The molecule has 0 amide bonds. The lowest BCUT2D eigenvalue weighted by Gasteiger charge is -2.23. The van der Waals surface area contributed by atoms with E-state index >= 15 is 0 Å². The molecule has 0 spiro atoms. The molecule has 1 aliphatic heterocycles. The Balaban J connectivity index is 2.43. The van der Waals surface area contributed by atoms with Gasteiger partial charge in [-0.25, -0.2) is 0 Å². The number of aromatic hydroxyl groups is 1. The number of likely N-dealkylation sites (tertiary alicyclic amines) is 1. The van der Waals surface area contributed by atoms with Crippen molar-refractivity contribution in [1.82, 2.24) is 9.47 Å². The molecule has 6 heteroatoms. The summed E-state index contributed by atoms with van der Waals surface area (Å²) in [7, 11) is 0. The molecule has 6 nitrogen and oxygen atoms in total. The Morgan fingerprint density at radius 2 is 2.00 bits per heavy atom. The molecule has 0 bridgehead atoms. The minimum absolute atomic E-state index is 0.243. The summed E-state index contributed by atoms with van der Waals surface area (Å²) in [5, 5.41) is 29.0. The molecule has 20 heavy (non-hydrogen) atoms. The van der Waals surface area contributed by atoms with Gasteiger partial charge < -0.3 is 19.9 Å². The third-order valence-electron chi connectivity index (χ3n) is 3.66. The Hall–Kier alpha value is -1.37. The van der Waals surface area contributed by atoms with Crippen LogP contribution in [0.1, 0.15) is 31.2 Å². The van der Waals surface area contributed by atoms with Crippen LogP contribution in [0.5, 0.6) is 5.75 Å². The Labute approximate surface area is 117 Å². The van der Waals surface area contributed by atoms with Crippen LogP contribution in [0.3, 0.4) is 0 Å². The van der Waals surface area contributed by atoms with E-state index in [-0.39, 0.29) is 18.9 Å². The van der Waals surface area contributed by atoms with Crippen LogP contribution in [-0.4, -0.2) is 44.0 Å². The van der Waals surface area contributed by atoms with E-state index in [1.54, 1.807) is 11.5 Å². The lowest BCUT2D eigenvalue weighted by Crippen LogP contribution is -2.28. The van der Waals surface area contributed by atoms with Gasteiger partial charge in [-0.1, -0.05) is 0 Å². The molecule has 2 rings (SSSR count). The second-order valence-corrected chi connectivity index (χ2v) is 5.40. The van der Waals surface area contributed by atoms with Crippen LogP contribution in [-0.2, 0) is 19.7 Å². The van der Waals surface area contributed by atoms with E-state index in [1.807, 2.05) is 0 Å². The minimum atomic E-state index is -0.625. The molecule has 1 fully saturated rings. The number of pyridine rings is 1. The van der Waals surface area contributed by atoms with Gasteiger partial charge in [0, 0.05) is 24.8 Å². The second kappa shape index (κ2) is 6.39. The van der Waals surface area contributed by atoms with Crippen LogP contribution in [0.15, 0.2) is 10.9 Å². The summed E-state index contributed by atoms with van der Waals surface area (Å²) in [6.45, 7) is 3.91. The molecule has 1 aliphatic rings. The van der Waals surface area contributed by atoms with E-state index in [4.69, 9.17) is 0 Å². The van der Waals surface area contributed by atoms with E-state index in [0.717, 1.165) is 25.9 Å². The number of aliphatic hydroxyl groups is 2. The standard InChI is InChI=1S/C14H22N2O4/c1-10(18)7-16-11(9-17)6-13(19)14(20)12(16)8-15-4-2-3-5-15/h6,10,17-18,20H,2-5,7-9H2,1H3. The van der Waals surface area contributed by atoms with Crippen molar-refractivity contribution in [2.24, 2.45) is 0 Å². The normalized spacial score (nSPS) is 17.6. The highest BCUT2D eigenvalue weighted by molar-refractivity contribution is 5.30. The highest BCUT2D eigenvalue weighted by atomic mass is 16.3. The van der Waals surface area contributed by atoms with Crippen molar-refractivity contribution in [1.29, 1.82) is 0 Å². The van der Waals surface area contributed by atoms with Crippen molar-refractivity contribution in [3.8, 4) is 5.75 Å². The molecule has 0 aliphatic carbocycles. The Morgan fingerprint density at radius 3 is 2.55 bits per heavy atom. The lowest BCUT2D eigenvalue weighted by molar-refractivity contribution is 0.163. The lowest BCUT2D eigenvalue weighted by atomic mass is 10.2. The fraction of sp³-hybridized carbons (Fsp3) is 0.643. The maximum absolute atomic E-state index is 11.8. The number of hydrogen-bond acceptors (Lipinski definition) is 5. The molecular weight excluding hydrogens is 260 g/mol. The largest absolute Gasteiger partial charge is 0.503 e. The van der Waals surface area contributed by atoms with Gasteiger partial charge >= 0.3 is 0 Å². The summed E-state index contributed by atoms with van der Waals surface area (Å²) < 4.78 is 1.65. The zero-order valence-electron chi connectivity index (χ0n) is 11.7. The van der Waals surface area contributed by atoms with Gasteiger partial charge in [0.2, 0.25) is 5.43 Å². The van der Waals surface area contributed by atoms with Gasteiger partial charge in [0.1, 0.15) is 0 Å². The van der Waals surface area contributed by atoms with Gasteiger partial charge in [0.25, 0.3) is 0 Å². The highest BCUT2D eigenvalue weighted by Gasteiger charge is 2.20. The quantitative estimate of drug-likeness (QED) is 0.709. The summed E-state index contributed by atoms with van der Waals surface area (Å²) in [4.78, 5) is 13.9.